The normalized spacial score (nSPS) is 25.3. The Morgan fingerprint density at radius 1 is 0.679 bits per heavy atom. The van der Waals surface area contributed by atoms with Gasteiger partial charge in [-0.05, 0) is 89.4 Å². The van der Waals surface area contributed by atoms with Crippen LogP contribution in [0.4, 0.5) is 17.1 Å². The van der Waals surface area contributed by atoms with E-state index in [2.05, 4.69) is 203 Å². The van der Waals surface area contributed by atoms with E-state index >= 15 is 0 Å². The van der Waals surface area contributed by atoms with Crippen LogP contribution in [-0.4, -0.2) is 36.5 Å². The third-order valence-corrected chi connectivity index (χ3v) is 13.7. The standard InChI is InChI=1S/C52H53N3S/c1-9-54-43-23-13-11-19-39(43)41-21-15-17-33(49(41)54)25-27-35-29-37(51(3,4)5)31-45-47(35)53-48-36(30-38(52(6,7)8)32-46(48)56-45)28-26-34-18-16-22-42-40-20-12-14-24-44(40)55(10-2)50(34)42/h11-24,29-32,41-42,45,47,49-50,53H,9-10H2,1-8H3. The van der Waals surface area contributed by atoms with Crippen LogP contribution in [0.1, 0.15) is 89.5 Å². The predicted molar refractivity (Wildman–Crippen MR) is 239 cm³/mol. The third-order valence-electron chi connectivity index (χ3n) is 12.5. The Morgan fingerprint density at radius 3 is 1.79 bits per heavy atom. The zero-order chi connectivity index (χ0) is 38.9. The van der Waals surface area contributed by atoms with E-state index in [1.807, 2.05) is 11.8 Å². The molecule has 6 unspecified atom stereocenters. The molecule has 3 aromatic carbocycles. The summed E-state index contributed by atoms with van der Waals surface area (Å²) >= 11 is 1.97. The Hall–Kier alpha value is -5.03. The van der Waals surface area contributed by atoms with Gasteiger partial charge in [-0.3, -0.25) is 0 Å². The van der Waals surface area contributed by atoms with Crippen molar-refractivity contribution < 1.29 is 0 Å². The lowest BCUT2D eigenvalue weighted by Gasteiger charge is -2.39. The fourth-order valence-corrected chi connectivity index (χ4v) is 10.9. The highest BCUT2D eigenvalue weighted by molar-refractivity contribution is 8.00. The quantitative estimate of drug-likeness (QED) is 0.263. The van der Waals surface area contributed by atoms with E-state index in [0.717, 1.165) is 29.9 Å². The zero-order valence-electron chi connectivity index (χ0n) is 34.1. The second-order valence-electron chi connectivity index (χ2n) is 18.0. The molecule has 3 aliphatic heterocycles. The molecule has 3 heterocycles. The van der Waals surface area contributed by atoms with E-state index in [0.29, 0.717) is 11.8 Å². The van der Waals surface area contributed by atoms with E-state index in [-0.39, 0.29) is 34.2 Å². The SMILES string of the molecule is CCN1c2ccccc2C2C=CC=C(C#CC3=CC(C(C)(C)C)=CC4Sc5cc(C(C)(C)C)cc(C#CC6=CC=CC7c8ccccc8N(CC)C67)c5NC34)C21. The number of para-hydroxylation sites is 2. The van der Waals surface area contributed by atoms with Gasteiger partial charge in [0, 0.05) is 63.5 Å². The molecule has 282 valence electrons. The molecule has 0 fully saturated rings. The molecule has 3 aromatic rings. The highest BCUT2D eigenvalue weighted by Gasteiger charge is 2.41. The van der Waals surface area contributed by atoms with Gasteiger partial charge >= 0.3 is 0 Å². The summed E-state index contributed by atoms with van der Waals surface area (Å²) in [5.41, 5.74) is 13.8. The molecule has 3 aliphatic carbocycles. The van der Waals surface area contributed by atoms with E-state index < -0.39 is 0 Å². The summed E-state index contributed by atoms with van der Waals surface area (Å²) < 4.78 is 0. The molecule has 0 amide bonds. The maximum absolute atomic E-state index is 4.08. The number of anilines is 3. The molecule has 0 spiro atoms. The fourth-order valence-electron chi connectivity index (χ4n) is 9.52. The zero-order valence-corrected chi connectivity index (χ0v) is 34.9. The first kappa shape index (κ1) is 36.6. The molecular weight excluding hydrogens is 699 g/mol. The van der Waals surface area contributed by atoms with Crippen LogP contribution < -0.4 is 15.1 Å². The summed E-state index contributed by atoms with van der Waals surface area (Å²) in [4.78, 5) is 6.34. The fraction of sp³-hybridized carbons (Fsp3) is 0.346. The second kappa shape index (κ2) is 13.9. The van der Waals surface area contributed by atoms with Crippen LogP contribution in [-0.2, 0) is 5.41 Å². The van der Waals surface area contributed by atoms with Gasteiger partial charge in [-0.1, -0.05) is 132 Å². The van der Waals surface area contributed by atoms with Crippen LogP contribution in [0.15, 0.2) is 136 Å². The van der Waals surface area contributed by atoms with Crippen LogP contribution in [0.2, 0.25) is 0 Å². The smallest absolute Gasteiger partial charge is 0.0750 e. The Kier molecular flexibility index (Phi) is 9.06. The van der Waals surface area contributed by atoms with E-state index in [4.69, 9.17) is 0 Å². The number of thioether (sulfide) groups is 1. The summed E-state index contributed by atoms with van der Waals surface area (Å²) in [6.07, 6.45) is 18.5. The van der Waals surface area contributed by atoms with Gasteiger partial charge < -0.3 is 15.1 Å². The number of allylic oxidation sites excluding steroid dienone is 6. The van der Waals surface area contributed by atoms with Gasteiger partial charge in [0.15, 0.2) is 0 Å². The minimum Gasteiger partial charge on any atom is -0.374 e. The largest absolute Gasteiger partial charge is 0.374 e. The topological polar surface area (TPSA) is 18.5 Å². The van der Waals surface area contributed by atoms with Crippen molar-refractivity contribution in [2.45, 2.75) is 101 Å². The highest BCUT2D eigenvalue weighted by Crippen LogP contribution is 2.49. The monoisotopic (exact) mass is 751 g/mol. The lowest BCUT2D eigenvalue weighted by atomic mass is 9.80. The van der Waals surface area contributed by atoms with Crippen molar-refractivity contribution in [3.63, 3.8) is 0 Å². The number of rotatable bonds is 2. The number of fused-ring (bicyclic) bond motifs is 8. The molecule has 0 saturated heterocycles. The average molecular weight is 752 g/mol. The average Bonchev–Trinajstić information content (AvgIpc) is 3.70. The van der Waals surface area contributed by atoms with Crippen molar-refractivity contribution in [2.24, 2.45) is 5.41 Å². The first-order chi connectivity index (χ1) is 26.9. The van der Waals surface area contributed by atoms with Gasteiger partial charge in [0.1, 0.15) is 0 Å². The van der Waals surface area contributed by atoms with Crippen molar-refractivity contribution in [1.82, 2.24) is 0 Å². The maximum atomic E-state index is 4.08. The van der Waals surface area contributed by atoms with E-state index in [9.17, 15) is 0 Å². The molecule has 56 heavy (non-hydrogen) atoms. The molecule has 0 aromatic heterocycles. The van der Waals surface area contributed by atoms with Crippen LogP contribution in [0.5, 0.6) is 0 Å². The van der Waals surface area contributed by atoms with Crippen LogP contribution in [0, 0.1) is 29.1 Å². The number of nitrogens with zero attached hydrogens (tertiary/aromatic N) is 2. The van der Waals surface area contributed by atoms with Gasteiger partial charge in [-0.2, -0.15) is 0 Å². The van der Waals surface area contributed by atoms with Crippen molar-refractivity contribution in [3.05, 3.63) is 154 Å². The maximum Gasteiger partial charge on any atom is 0.0750 e. The summed E-state index contributed by atoms with van der Waals surface area (Å²) in [6.45, 7) is 20.3. The Bertz CT molecular complexity index is 2430. The molecule has 3 nitrogen and oxygen atoms in total. The Balaban J connectivity index is 1.10. The molecule has 9 rings (SSSR count). The number of hydrogen-bond acceptors (Lipinski definition) is 4. The summed E-state index contributed by atoms with van der Waals surface area (Å²) in [5.74, 6) is 15.7. The summed E-state index contributed by atoms with van der Waals surface area (Å²) in [6, 6.07) is 23.0. The van der Waals surface area contributed by atoms with Crippen molar-refractivity contribution >= 4 is 28.8 Å². The molecule has 4 heteroatoms. The predicted octanol–water partition coefficient (Wildman–Crippen LogP) is 11.5. The third kappa shape index (κ3) is 6.19. The lowest BCUT2D eigenvalue weighted by molar-refractivity contribution is 0.510. The van der Waals surface area contributed by atoms with Gasteiger partial charge in [-0.25, -0.2) is 0 Å². The number of benzene rings is 3. The minimum absolute atomic E-state index is 0.00102. The van der Waals surface area contributed by atoms with Crippen LogP contribution in [0.3, 0.4) is 0 Å². The molecule has 0 saturated carbocycles. The van der Waals surface area contributed by atoms with Gasteiger partial charge in [0.25, 0.3) is 0 Å². The van der Waals surface area contributed by atoms with E-state index in [1.165, 1.54) is 49.7 Å². The minimum atomic E-state index is -0.0191. The number of likely N-dealkylation sites (N-methyl/N-ethyl adjacent to an activating group) is 2. The van der Waals surface area contributed by atoms with E-state index in [1.54, 1.807) is 0 Å². The van der Waals surface area contributed by atoms with Crippen molar-refractivity contribution in [3.8, 4) is 23.7 Å². The molecule has 1 N–H and O–H groups in total. The van der Waals surface area contributed by atoms with Crippen LogP contribution in [0.25, 0.3) is 0 Å². The highest BCUT2D eigenvalue weighted by atomic mass is 32.2. The van der Waals surface area contributed by atoms with Crippen molar-refractivity contribution in [2.75, 3.05) is 28.2 Å². The van der Waals surface area contributed by atoms with Gasteiger partial charge in [-0.15, -0.1) is 11.8 Å². The second-order valence-corrected chi connectivity index (χ2v) is 19.2. The molecule has 6 aliphatic rings. The summed E-state index contributed by atoms with van der Waals surface area (Å²) in [5, 5.41) is 4.29. The Morgan fingerprint density at radius 2 is 1.23 bits per heavy atom. The number of nitrogens with one attached hydrogen (secondary N) is 1. The van der Waals surface area contributed by atoms with Gasteiger partial charge in [0.05, 0.1) is 29.1 Å². The van der Waals surface area contributed by atoms with Gasteiger partial charge in [0.2, 0.25) is 0 Å². The first-order valence-electron chi connectivity index (χ1n) is 20.5. The first-order valence-corrected chi connectivity index (χ1v) is 21.4. The molecular formula is C52H53N3S. The molecule has 0 bridgehead atoms. The summed E-state index contributed by atoms with van der Waals surface area (Å²) in [7, 11) is 0. The molecule has 0 radical (unpaired) electrons. The Labute approximate surface area is 339 Å². The lowest BCUT2D eigenvalue weighted by Crippen LogP contribution is -2.38. The van der Waals surface area contributed by atoms with Crippen LogP contribution >= 0.6 is 11.8 Å². The number of hydrogen-bond donors (Lipinski definition) is 1. The van der Waals surface area contributed by atoms with Crippen molar-refractivity contribution in [1.29, 1.82) is 0 Å². The molecule has 6 atom stereocenters.